The normalized spacial score (nSPS) is 18.6. The molecule has 0 saturated heterocycles. The molecule has 1 aliphatic rings. The molecule has 1 aliphatic carbocycles. The van der Waals surface area contributed by atoms with Gasteiger partial charge in [-0.1, -0.05) is 42.5 Å². The van der Waals surface area contributed by atoms with Crippen LogP contribution in [0.15, 0.2) is 43.0 Å². The molecule has 0 saturated carbocycles. The van der Waals surface area contributed by atoms with Gasteiger partial charge in [0.1, 0.15) is 0 Å². The van der Waals surface area contributed by atoms with E-state index in [0.717, 1.165) is 6.54 Å². The van der Waals surface area contributed by atoms with Crippen LogP contribution in [0.25, 0.3) is 6.08 Å². The summed E-state index contributed by atoms with van der Waals surface area (Å²) in [5.41, 5.74) is 2.69. The van der Waals surface area contributed by atoms with Gasteiger partial charge in [-0.3, -0.25) is 0 Å². The summed E-state index contributed by atoms with van der Waals surface area (Å²) in [6.45, 7) is 4.54. The highest BCUT2D eigenvalue weighted by atomic mass is 14.9. The lowest BCUT2D eigenvalue weighted by atomic mass is 10.1. The molecule has 2 rings (SSSR count). The zero-order valence-electron chi connectivity index (χ0n) is 7.53. The first-order valence-corrected chi connectivity index (χ1v) is 4.53. The first-order valence-electron chi connectivity index (χ1n) is 4.53. The molecule has 1 N–H and O–H groups in total. The van der Waals surface area contributed by atoms with Crippen LogP contribution in [0.3, 0.4) is 0 Å². The molecule has 1 atom stereocenters. The van der Waals surface area contributed by atoms with Crippen molar-refractivity contribution in [2.45, 2.75) is 6.04 Å². The van der Waals surface area contributed by atoms with Crippen LogP contribution in [0.2, 0.25) is 0 Å². The summed E-state index contributed by atoms with van der Waals surface area (Å²) in [6.07, 6.45) is 6.24. The molecule has 0 amide bonds. The Bertz CT molecular complexity index is 339. The maximum atomic E-state index is 3.69. The lowest BCUT2D eigenvalue weighted by Crippen LogP contribution is -2.18. The van der Waals surface area contributed by atoms with Crippen LogP contribution in [0, 0.1) is 0 Å². The molecular formula is C12H13N. The Morgan fingerprint density at radius 3 is 3.08 bits per heavy atom. The summed E-state index contributed by atoms with van der Waals surface area (Å²) < 4.78 is 0. The minimum absolute atomic E-state index is 0.370. The third-order valence-corrected chi connectivity index (χ3v) is 2.28. The second kappa shape index (κ2) is 3.58. The van der Waals surface area contributed by atoms with Crippen LogP contribution in [-0.2, 0) is 0 Å². The third-order valence-electron chi connectivity index (χ3n) is 2.28. The predicted molar refractivity (Wildman–Crippen MR) is 56.4 cm³/mol. The number of benzene rings is 1. The first-order chi connectivity index (χ1) is 6.42. The summed E-state index contributed by atoms with van der Waals surface area (Å²) in [6, 6.07) is 8.82. The first kappa shape index (κ1) is 8.27. The molecule has 66 valence electrons. The molecule has 0 aliphatic heterocycles. The standard InChI is InChI=1S/C12H13N/c1-2-9-13-12-8-7-10-5-3-4-6-11(10)12/h2-8,12-13H,1,9H2/t12-/m1/s1. The van der Waals surface area contributed by atoms with E-state index in [1.165, 1.54) is 11.1 Å². The van der Waals surface area contributed by atoms with Crippen molar-refractivity contribution < 1.29 is 0 Å². The van der Waals surface area contributed by atoms with Gasteiger partial charge in [0.25, 0.3) is 0 Å². The molecule has 1 nitrogen and oxygen atoms in total. The van der Waals surface area contributed by atoms with Crippen molar-refractivity contribution in [2.75, 3.05) is 6.54 Å². The van der Waals surface area contributed by atoms with Crippen molar-refractivity contribution in [3.63, 3.8) is 0 Å². The quantitative estimate of drug-likeness (QED) is 0.689. The molecule has 0 radical (unpaired) electrons. The predicted octanol–water partition coefficient (Wildman–Crippen LogP) is 2.53. The van der Waals surface area contributed by atoms with E-state index >= 15 is 0 Å². The zero-order valence-corrected chi connectivity index (χ0v) is 7.53. The second-order valence-electron chi connectivity index (χ2n) is 3.16. The van der Waals surface area contributed by atoms with Gasteiger partial charge in [0.05, 0.1) is 6.04 Å². The highest BCUT2D eigenvalue weighted by Gasteiger charge is 2.14. The molecule has 1 aromatic carbocycles. The second-order valence-corrected chi connectivity index (χ2v) is 3.16. The van der Waals surface area contributed by atoms with E-state index in [1.54, 1.807) is 0 Å². The SMILES string of the molecule is C=CCN[C@@H]1C=Cc2ccccc21. The van der Waals surface area contributed by atoms with E-state index in [-0.39, 0.29) is 0 Å². The monoisotopic (exact) mass is 171 g/mol. The van der Waals surface area contributed by atoms with Gasteiger partial charge in [-0.05, 0) is 11.1 Å². The number of hydrogen-bond donors (Lipinski definition) is 1. The maximum absolute atomic E-state index is 3.69. The Balaban J connectivity index is 2.18. The summed E-state index contributed by atoms with van der Waals surface area (Å²) in [5.74, 6) is 0. The Labute approximate surface area is 78.8 Å². The molecule has 13 heavy (non-hydrogen) atoms. The van der Waals surface area contributed by atoms with Crippen LogP contribution in [0.4, 0.5) is 0 Å². The molecular weight excluding hydrogens is 158 g/mol. The van der Waals surface area contributed by atoms with Gasteiger partial charge in [-0.25, -0.2) is 0 Å². The van der Waals surface area contributed by atoms with Crippen molar-refractivity contribution in [3.05, 3.63) is 54.1 Å². The van der Waals surface area contributed by atoms with Gasteiger partial charge in [0.15, 0.2) is 0 Å². The molecule has 0 aromatic heterocycles. The van der Waals surface area contributed by atoms with Gasteiger partial charge in [0.2, 0.25) is 0 Å². The fraction of sp³-hybridized carbons (Fsp3) is 0.167. The third kappa shape index (κ3) is 1.56. The van der Waals surface area contributed by atoms with Gasteiger partial charge >= 0.3 is 0 Å². The molecule has 1 aromatic rings. The van der Waals surface area contributed by atoms with Crippen molar-refractivity contribution in [3.8, 4) is 0 Å². The highest BCUT2D eigenvalue weighted by molar-refractivity contribution is 5.61. The topological polar surface area (TPSA) is 12.0 Å². The van der Waals surface area contributed by atoms with Gasteiger partial charge in [-0.2, -0.15) is 0 Å². The summed E-state index contributed by atoms with van der Waals surface area (Å²) in [7, 11) is 0. The number of fused-ring (bicyclic) bond motifs is 1. The Morgan fingerprint density at radius 2 is 2.23 bits per heavy atom. The van der Waals surface area contributed by atoms with E-state index in [9.17, 15) is 0 Å². The van der Waals surface area contributed by atoms with Crippen molar-refractivity contribution in [1.82, 2.24) is 5.32 Å². The van der Waals surface area contributed by atoms with E-state index in [1.807, 2.05) is 6.08 Å². The van der Waals surface area contributed by atoms with Crippen molar-refractivity contribution in [1.29, 1.82) is 0 Å². The van der Waals surface area contributed by atoms with Crippen LogP contribution in [-0.4, -0.2) is 6.54 Å². The number of nitrogens with one attached hydrogen (secondary N) is 1. The summed E-state index contributed by atoms with van der Waals surface area (Å²) in [4.78, 5) is 0. The van der Waals surface area contributed by atoms with Gasteiger partial charge in [0, 0.05) is 6.54 Å². The van der Waals surface area contributed by atoms with Crippen LogP contribution < -0.4 is 5.32 Å². The molecule has 0 spiro atoms. The fourth-order valence-electron chi connectivity index (χ4n) is 1.64. The van der Waals surface area contributed by atoms with E-state index in [0.29, 0.717) is 6.04 Å². The van der Waals surface area contributed by atoms with E-state index in [2.05, 4.69) is 48.3 Å². The average Bonchev–Trinajstić information content (AvgIpc) is 2.58. The van der Waals surface area contributed by atoms with Crippen LogP contribution >= 0.6 is 0 Å². The largest absolute Gasteiger partial charge is 0.303 e. The number of rotatable bonds is 3. The fourth-order valence-corrected chi connectivity index (χ4v) is 1.64. The zero-order chi connectivity index (χ0) is 9.10. The Morgan fingerprint density at radius 1 is 1.38 bits per heavy atom. The smallest absolute Gasteiger partial charge is 0.0517 e. The molecule has 0 unspecified atom stereocenters. The number of hydrogen-bond acceptors (Lipinski definition) is 1. The Kier molecular flexibility index (Phi) is 2.28. The lowest BCUT2D eigenvalue weighted by molar-refractivity contribution is 0.681. The molecule has 1 heteroatoms. The van der Waals surface area contributed by atoms with Crippen molar-refractivity contribution in [2.24, 2.45) is 0 Å². The van der Waals surface area contributed by atoms with Gasteiger partial charge < -0.3 is 5.32 Å². The minimum Gasteiger partial charge on any atom is -0.303 e. The summed E-state index contributed by atoms with van der Waals surface area (Å²) in [5, 5.41) is 3.38. The van der Waals surface area contributed by atoms with Crippen LogP contribution in [0.5, 0.6) is 0 Å². The van der Waals surface area contributed by atoms with E-state index < -0.39 is 0 Å². The maximum Gasteiger partial charge on any atom is 0.0517 e. The highest BCUT2D eigenvalue weighted by Crippen LogP contribution is 2.27. The molecule has 0 fully saturated rings. The molecule has 0 bridgehead atoms. The lowest BCUT2D eigenvalue weighted by Gasteiger charge is -2.10. The van der Waals surface area contributed by atoms with Gasteiger partial charge in [-0.15, -0.1) is 6.58 Å². The van der Waals surface area contributed by atoms with Crippen LogP contribution in [0.1, 0.15) is 17.2 Å². The Hall–Kier alpha value is -1.34. The molecule has 0 heterocycles. The van der Waals surface area contributed by atoms with Crippen molar-refractivity contribution >= 4 is 6.08 Å². The summed E-state index contributed by atoms with van der Waals surface area (Å²) >= 11 is 0. The minimum atomic E-state index is 0.370. The average molecular weight is 171 g/mol. The van der Waals surface area contributed by atoms with E-state index in [4.69, 9.17) is 0 Å².